The van der Waals surface area contributed by atoms with Crippen LogP contribution in [0, 0.1) is 6.92 Å². The van der Waals surface area contributed by atoms with E-state index in [1.807, 2.05) is 55.5 Å². The van der Waals surface area contributed by atoms with Crippen molar-refractivity contribution in [1.29, 1.82) is 0 Å². The van der Waals surface area contributed by atoms with E-state index in [-0.39, 0.29) is 0 Å². The SMILES string of the molecule is Cc1cccc2ncnc(Oc3ccccc3)c12. The zero-order valence-corrected chi connectivity index (χ0v) is 10.00. The minimum atomic E-state index is 0.601. The van der Waals surface area contributed by atoms with Gasteiger partial charge < -0.3 is 4.74 Å². The molecule has 0 saturated heterocycles. The van der Waals surface area contributed by atoms with Crippen molar-refractivity contribution >= 4 is 10.9 Å². The third-order valence-corrected chi connectivity index (χ3v) is 2.79. The number of rotatable bonds is 2. The number of aromatic nitrogens is 2. The van der Waals surface area contributed by atoms with Gasteiger partial charge in [-0.3, -0.25) is 0 Å². The Hall–Kier alpha value is -2.42. The van der Waals surface area contributed by atoms with Gasteiger partial charge in [-0.05, 0) is 30.7 Å². The quantitative estimate of drug-likeness (QED) is 0.680. The average molecular weight is 236 g/mol. The summed E-state index contributed by atoms with van der Waals surface area (Å²) in [7, 11) is 0. The van der Waals surface area contributed by atoms with Crippen LogP contribution < -0.4 is 4.74 Å². The summed E-state index contributed by atoms with van der Waals surface area (Å²) in [4.78, 5) is 8.48. The number of nitrogens with zero attached hydrogens (tertiary/aromatic N) is 2. The summed E-state index contributed by atoms with van der Waals surface area (Å²) in [5.41, 5.74) is 2.01. The van der Waals surface area contributed by atoms with E-state index in [0.717, 1.165) is 22.2 Å². The fourth-order valence-electron chi connectivity index (χ4n) is 1.92. The first kappa shape index (κ1) is 10.7. The molecule has 3 aromatic rings. The zero-order chi connectivity index (χ0) is 12.4. The molecule has 1 heterocycles. The Morgan fingerprint density at radius 2 is 1.72 bits per heavy atom. The van der Waals surface area contributed by atoms with Crippen molar-refractivity contribution in [1.82, 2.24) is 9.97 Å². The Kier molecular flexibility index (Phi) is 2.65. The molecule has 0 spiro atoms. The van der Waals surface area contributed by atoms with Crippen molar-refractivity contribution in [2.75, 3.05) is 0 Å². The molecule has 3 nitrogen and oxygen atoms in total. The highest BCUT2D eigenvalue weighted by Gasteiger charge is 2.07. The Morgan fingerprint density at radius 1 is 0.889 bits per heavy atom. The summed E-state index contributed by atoms with van der Waals surface area (Å²) in [6.45, 7) is 2.03. The third-order valence-electron chi connectivity index (χ3n) is 2.79. The summed E-state index contributed by atoms with van der Waals surface area (Å²) < 4.78 is 5.82. The molecule has 0 atom stereocenters. The maximum atomic E-state index is 5.82. The Morgan fingerprint density at radius 3 is 2.56 bits per heavy atom. The number of hydrogen-bond acceptors (Lipinski definition) is 3. The summed E-state index contributed by atoms with van der Waals surface area (Å²) in [5, 5.41) is 0.962. The highest BCUT2D eigenvalue weighted by molar-refractivity contribution is 5.86. The van der Waals surface area contributed by atoms with Crippen LogP contribution in [-0.2, 0) is 0 Å². The molecule has 0 aliphatic heterocycles. The number of para-hydroxylation sites is 1. The lowest BCUT2D eigenvalue weighted by Gasteiger charge is -2.08. The van der Waals surface area contributed by atoms with Crippen molar-refractivity contribution in [2.45, 2.75) is 6.92 Å². The molecular weight excluding hydrogens is 224 g/mol. The fourth-order valence-corrected chi connectivity index (χ4v) is 1.92. The number of ether oxygens (including phenoxy) is 1. The van der Waals surface area contributed by atoms with Crippen molar-refractivity contribution in [3.63, 3.8) is 0 Å². The maximum absolute atomic E-state index is 5.82. The van der Waals surface area contributed by atoms with E-state index >= 15 is 0 Å². The number of aryl methyl sites for hydroxylation is 1. The minimum absolute atomic E-state index is 0.601. The molecule has 0 amide bonds. The first-order valence-electron chi connectivity index (χ1n) is 5.78. The molecule has 0 fully saturated rings. The normalized spacial score (nSPS) is 10.5. The smallest absolute Gasteiger partial charge is 0.230 e. The molecule has 0 aliphatic carbocycles. The van der Waals surface area contributed by atoms with Gasteiger partial charge in [0.1, 0.15) is 12.1 Å². The molecule has 3 rings (SSSR count). The largest absolute Gasteiger partial charge is 0.438 e. The van der Waals surface area contributed by atoms with Gasteiger partial charge >= 0.3 is 0 Å². The fraction of sp³-hybridized carbons (Fsp3) is 0.0667. The van der Waals surface area contributed by atoms with Crippen LogP contribution in [0.15, 0.2) is 54.9 Å². The second kappa shape index (κ2) is 4.45. The minimum Gasteiger partial charge on any atom is -0.438 e. The van der Waals surface area contributed by atoms with Crippen LogP contribution >= 0.6 is 0 Å². The Bertz CT molecular complexity index is 675. The predicted molar refractivity (Wildman–Crippen MR) is 70.8 cm³/mol. The van der Waals surface area contributed by atoms with Gasteiger partial charge in [0.25, 0.3) is 0 Å². The number of hydrogen-bond donors (Lipinski definition) is 0. The molecule has 0 aliphatic rings. The molecule has 0 bridgehead atoms. The van der Waals surface area contributed by atoms with Gasteiger partial charge in [-0.15, -0.1) is 0 Å². The monoisotopic (exact) mass is 236 g/mol. The van der Waals surface area contributed by atoms with Crippen molar-refractivity contribution in [3.8, 4) is 11.6 Å². The van der Waals surface area contributed by atoms with Crippen molar-refractivity contribution in [2.24, 2.45) is 0 Å². The van der Waals surface area contributed by atoms with Crippen molar-refractivity contribution < 1.29 is 4.74 Å². The maximum Gasteiger partial charge on any atom is 0.230 e. The van der Waals surface area contributed by atoms with E-state index < -0.39 is 0 Å². The van der Waals surface area contributed by atoms with Crippen LogP contribution in [0.4, 0.5) is 0 Å². The second-order valence-corrected chi connectivity index (χ2v) is 4.06. The molecule has 0 radical (unpaired) electrons. The highest BCUT2D eigenvalue weighted by Crippen LogP contribution is 2.28. The van der Waals surface area contributed by atoms with E-state index in [1.54, 1.807) is 0 Å². The van der Waals surface area contributed by atoms with Crippen LogP contribution in [0.1, 0.15) is 5.56 Å². The van der Waals surface area contributed by atoms with E-state index in [0.29, 0.717) is 5.88 Å². The number of benzene rings is 2. The topological polar surface area (TPSA) is 35.0 Å². The predicted octanol–water partition coefficient (Wildman–Crippen LogP) is 3.73. The van der Waals surface area contributed by atoms with Crippen LogP contribution in [0.3, 0.4) is 0 Å². The molecule has 1 aromatic heterocycles. The lowest BCUT2D eigenvalue weighted by atomic mass is 10.1. The van der Waals surface area contributed by atoms with Crippen LogP contribution in [-0.4, -0.2) is 9.97 Å². The van der Waals surface area contributed by atoms with Gasteiger partial charge in [0.2, 0.25) is 5.88 Å². The van der Waals surface area contributed by atoms with Crippen LogP contribution in [0.2, 0.25) is 0 Å². The third kappa shape index (κ3) is 1.91. The average Bonchev–Trinajstić information content (AvgIpc) is 2.40. The summed E-state index contributed by atoms with van der Waals surface area (Å²) in [5.74, 6) is 1.38. The van der Waals surface area contributed by atoms with E-state index in [2.05, 4.69) is 9.97 Å². The van der Waals surface area contributed by atoms with E-state index in [1.165, 1.54) is 6.33 Å². The van der Waals surface area contributed by atoms with Gasteiger partial charge in [0, 0.05) is 0 Å². The Balaban J connectivity index is 2.12. The molecule has 18 heavy (non-hydrogen) atoms. The standard InChI is InChI=1S/C15H12N2O/c1-11-6-5-9-13-14(11)15(17-10-16-13)18-12-7-3-2-4-8-12/h2-10H,1H3. The molecule has 0 N–H and O–H groups in total. The Labute approximate surface area is 105 Å². The molecule has 0 unspecified atom stereocenters. The molecule has 0 saturated carbocycles. The van der Waals surface area contributed by atoms with Crippen molar-refractivity contribution in [3.05, 3.63) is 60.4 Å². The second-order valence-electron chi connectivity index (χ2n) is 4.06. The van der Waals surface area contributed by atoms with Gasteiger partial charge in [-0.1, -0.05) is 30.3 Å². The first-order chi connectivity index (χ1) is 8.84. The van der Waals surface area contributed by atoms with Gasteiger partial charge in [-0.2, -0.15) is 0 Å². The van der Waals surface area contributed by atoms with E-state index in [4.69, 9.17) is 4.74 Å². The molecule has 2 aromatic carbocycles. The first-order valence-corrected chi connectivity index (χ1v) is 5.78. The summed E-state index contributed by atoms with van der Waals surface area (Å²) >= 11 is 0. The summed E-state index contributed by atoms with van der Waals surface area (Å²) in [6.07, 6.45) is 1.53. The molecule has 3 heteroatoms. The lowest BCUT2D eigenvalue weighted by Crippen LogP contribution is -1.92. The van der Waals surface area contributed by atoms with Crippen LogP contribution in [0.5, 0.6) is 11.6 Å². The molecular formula is C15H12N2O. The number of fused-ring (bicyclic) bond motifs is 1. The summed E-state index contributed by atoms with van der Waals surface area (Å²) in [6, 6.07) is 15.6. The van der Waals surface area contributed by atoms with Gasteiger partial charge in [-0.25, -0.2) is 9.97 Å². The van der Waals surface area contributed by atoms with Gasteiger partial charge in [0.15, 0.2) is 0 Å². The zero-order valence-electron chi connectivity index (χ0n) is 10.00. The van der Waals surface area contributed by atoms with Gasteiger partial charge in [0.05, 0.1) is 10.9 Å². The van der Waals surface area contributed by atoms with E-state index in [9.17, 15) is 0 Å². The highest BCUT2D eigenvalue weighted by atomic mass is 16.5. The van der Waals surface area contributed by atoms with Crippen LogP contribution in [0.25, 0.3) is 10.9 Å². The lowest BCUT2D eigenvalue weighted by molar-refractivity contribution is 0.468. The molecule has 88 valence electrons.